The van der Waals surface area contributed by atoms with Crippen LogP contribution in [0.3, 0.4) is 0 Å². The van der Waals surface area contributed by atoms with Crippen LogP contribution in [0.25, 0.3) is 0 Å². The summed E-state index contributed by atoms with van der Waals surface area (Å²) in [4.78, 5) is 1.75. The average molecular weight is 248 g/mol. The number of nitrogens with zero attached hydrogens (tertiary/aromatic N) is 1. The van der Waals surface area contributed by atoms with Gasteiger partial charge in [0.15, 0.2) is 0 Å². The van der Waals surface area contributed by atoms with Gasteiger partial charge in [0.05, 0.1) is 23.5 Å². The summed E-state index contributed by atoms with van der Waals surface area (Å²) >= 11 is 0. The van der Waals surface area contributed by atoms with Crippen molar-refractivity contribution in [2.24, 2.45) is 0 Å². The first-order valence-electron chi connectivity index (χ1n) is 5.03. The molecule has 1 aromatic carbocycles. The standard InChI is InChI=1S/C11H15F3N2O/c1-16(5-6-17-2)10-4-3-8(7-9(10)15)11(12,13)14/h3-4,7H,5-6,15H2,1-2H3. The summed E-state index contributed by atoms with van der Waals surface area (Å²) in [6.07, 6.45) is -4.36. The zero-order valence-corrected chi connectivity index (χ0v) is 9.71. The van der Waals surface area contributed by atoms with Gasteiger partial charge in [0.25, 0.3) is 0 Å². The summed E-state index contributed by atoms with van der Waals surface area (Å²) in [6.45, 7) is 1.04. The Bertz CT molecular complexity index is 379. The quantitative estimate of drug-likeness (QED) is 0.831. The van der Waals surface area contributed by atoms with E-state index >= 15 is 0 Å². The van der Waals surface area contributed by atoms with E-state index in [4.69, 9.17) is 10.5 Å². The van der Waals surface area contributed by atoms with Crippen LogP contribution in [0.4, 0.5) is 24.5 Å². The average Bonchev–Trinajstić information content (AvgIpc) is 2.24. The topological polar surface area (TPSA) is 38.5 Å². The summed E-state index contributed by atoms with van der Waals surface area (Å²) in [6, 6.07) is 3.33. The van der Waals surface area contributed by atoms with Crippen molar-refractivity contribution < 1.29 is 17.9 Å². The van der Waals surface area contributed by atoms with Crippen LogP contribution >= 0.6 is 0 Å². The molecular weight excluding hydrogens is 233 g/mol. The largest absolute Gasteiger partial charge is 0.416 e. The van der Waals surface area contributed by atoms with Gasteiger partial charge in [0, 0.05) is 20.7 Å². The Morgan fingerprint density at radius 1 is 1.35 bits per heavy atom. The number of alkyl halides is 3. The highest BCUT2D eigenvalue weighted by atomic mass is 19.4. The Morgan fingerprint density at radius 3 is 2.47 bits per heavy atom. The molecule has 0 heterocycles. The molecule has 0 aliphatic rings. The van der Waals surface area contributed by atoms with Gasteiger partial charge in [-0.25, -0.2) is 0 Å². The fourth-order valence-electron chi connectivity index (χ4n) is 1.43. The minimum Gasteiger partial charge on any atom is -0.397 e. The Morgan fingerprint density at radius 2 is 2.00 bits per heavy atom. The van der Waals surface area contributed by atoms with E-state index in [0.29, 0.717) is 18.8 Å². The summed E-state index contributed by atoms with van der Waals surface area (Å²) in [5, 5.41) is 0. The molecule has 0 saturated heterocycles. The SMILES string of the molecule is COCCN(C)c1ccc(C(F)(F)F)cc1N. The first-order chi connectivity index (χ1) is 7.86. The summed E-state index contributed by atoms with van der Waals surface area (Å²) in [5.41, 5.74) is 5.55. The van der Waals surface area contributed by atoms with Crippen LogP contribution in [-0.2, 0) is 10.9 Å². The molecule has 0 saturated carbocycles. The number of hydrogen-bond donors (Lipinski definition) is 1. The number of rotatable bonds is 4. The molecule has 0 atom stereocenters. The normalized spacial score (nSPS) is 11.6. The molecule has 0 aliphatic carbocycles. The lowest BCUT2D eigenvalue weighted by Gasteiger charge is -2.21. The highest BCUT2D eigenvalue weighted by molar-refractivity contribution is 5.68. The Hall–Kier alpha value is -1.43. The van der Waals surface area contributed by atoms with E-state index in [0.717, 1.165) is 12.1 Å². The monoisotopic (exact) mass is 248 g/mol. The molecule has 0 amide bonds. The second-order valence-corrected chi connectivity index (χ2v) is 3.69. The van der Waals surface area contributed by atoms with Gasteiger partial charge in [-0.2, -0.15) is 13.2 Å². The number of ether oxygens (including phenoxy) is 1. The van der Waals surface area contributed by atoms with E-state index in [1.54, 1.807) is 19.1 Å². The van der Waals surface area contributed by atoms with Gasteiger partial charge in [0.2, 0.25) is 0 Å². The zero-order valence-electron chi connectivity index (χ0n) is 9.71. The number of halogens is 3. The minimum atomic E-state index is -4.36. The highest BCUT2D eigenvalue weighted by Gasteiger charge is 2.30. The van der Waals surface area contributed by atoms with Crippen molar-refractivity contribution in [2.45, 2.75) is 6.18 Å². The van der Waals surface area contributed by atoms with E-state index in [2.05, 4.69) is 0 Å². The fraction of sp³-hybridized carbons (Fsp3) is 0.455. The molecule has 0 unspecified atom stereocenters. The molecular formula is C11H15F3N2O. The third-order valence-corrected chi connectivity index (χ3v) is 2.40. The number of anilines is 2. The first kappa shape index (κ1) is 13.6. The number of methoxy groups -OCH3 is 1. The molecule has 2 N–H and O–H groups in total. The van der Waals surface area contributed by atoms with Gasteiger partial charge < -0.3 is 15.4 Å². The van der Waals surface area contributed by atoms with Crippen molar-refractivity contribution in [3.63, 3.8) is 0 Å². The lowest BCUT2D eigenvalue weighted by Crippen LogP contribution is -2.23. The molecule has 0 radical (unpaired) electrons. The molecule has 0 fully saturated rings. The predicted molar refractivity (Wildman–Crippen MR) is 61.0 cm³/mol. The van der Waals surface area contributed by atoms with Crippen LogP contribution in [0.15, 0.2) is 18.2 Å². The molecule has 0 bridgehead atoms. The molecule has 96 valence electrons. The molecule has 6 heteroatoms. The van der Waals surface area contributed by atoms with Crippen LogP contribution in [0.5, 0.6) is 0 Å². The second kappa shape index (κ2) is 5.27. The van der Waals surface area contributed by atoms with Crippen LogP contribution in [0.2, 0.25) is 0 Å². The number of hydrogen-bond acceptors (Lipinski definition) is 3. The van der Waals surface area contributed by atoms with E-state index in [9.17, 15) is 13.2 Å². The summed E-state index contributed by atoms with van der Waals surface area (Å²) < 4.78 is 42.1. The van der Waals surface area contributed by atoms with Crippen molar-refractivity contribution >= 4 is 11.4 Å². The minimum absolute atomic E-state index is 0.110. The Labute approximate surface area is 98.0 Å². The molecule has 1 aromatic rings. The summed E-state index contributed by atoms with van der Waals surface area (Å²) in [5.74, 6) is 0. The Kier molecular flexibility index (Phi) is 4.22. The third kappa shape index (κ3) is 3.52. The number of likely N-dealkylation sites (N-methyl/N-ethyl adjacent to an activating group) is 1. The van der Waals surface area contributed by atoms with Crippen LogP contribution in [0, 0.1) is 0 Å². The molecule has 0 spiro atoms. The smallest absolute Gasteiger partial charge is 0.397 e. The highest BCUT2D eigenvalue weighted by Crippen LogP contribution is 2.33. The van der Waals surface area contributed by atoms with Crippen molar-refractivity contribution in [1.29, 1.82) is 0 Å². The van der Waals surface area contributed by atoms with E-state index < -0.39 is 11.7 Å². The van der Waals surface area contributed by atoms with Gasteiger partial charge in [-0.3, -0.25) is 0 Å². The maximum atomic E-state index is 12.4. The van der Waals surface area contributed by atoms with Crippen molar-refractivity contribution in [3.05, 3.63) is 23.8 Å². The lowest BCUT2D eigenvalue weighted by molar-refractivity contribution is -0.137. The van der Waals surface area contributed by atoms with Gasteiger partial charge in [-0.15, -0.1) is 0 Å². The lowest BCUT2D eigenvalue weighted by atomic mass is 10.1. The van der Waals surface area contributed by atoms with E-state index in [1.807, 2.05) is 0 Å². The van der Waals surface area contributed by atoms with Crippen LogP contribution in [-0.4, -0.2) is 27.3 Å². The van der Waals surface area contributed by atoms with Gasteiger partial charge >= 0.3 is 6.18 Å². The number of nitrogen functional groups attached to an aromatic ring is 1. The Balaban J connectivity index is 2.90. The van der Waals surface area contributed by atoms with Gasteiger partial charge in [-0.05, 0) is 18.2 Å². The summed E-state index contributed by atoms with van der Waals surface area (Å²) in [7, 11) is 3.31. The van der Waals surface area contributed by atoms with E-state index in [-0.39, 0.29) is 5.69 Å². The second-order valence-electron chi connectivity index (χ2n) is 3.69. The maximum Gasteiger partial charge on any atom is 0.416 e. The fourth-order valence-corrected chi connectivity index (χ4v) is 1.43. The molecule has 1 rings (SSSR count). The predicted octanol–water partition coefficient (Wildman–Crippen LogP) is 2.37. The number of nitrogens with two attached hydrogens (primary N) is 1. The molecule has 0 aliphatic heterocycles. The van der Waals surface area contributed by atoms with Crippen LogP contribution in [0.1, 0.15) is 5.56 Å². The van der Waals surface area contributed by atoms with Gasteiger partial charge in [-0.1, -0.05) is 0 Å². The molecule has 17 heavy (non-hydrogen) atoms. The van der Waals surface area contributed by atoms with Crippen molar-refractivity contribution in [3.8, 4) is 0 Å². The third-order valence-electron chi connectivity index (χ3n) is 2.40. The number of benzene rings is 1. The van der Waals surface area contributed by atoms with Crippen LogP contribution < -0.4 is 10.6 Å². The first-order valence-corrected chi connectivity index (χ1v) is 5.03. The van der Waals surface area contributed by atoms with Gasteiger partial charge in [0.1, 0.15) is 0 Å². The van der Waals surface area contributed by atoms with Crippen molar-refractivity contribution in [2.75, 3.05) is 37.9 Å². The molecule has 3 nitrogen and oxygen atoms in total. The maximum absolute atomic E-state index is 12.4. The molecule has 0 aromatic heterocycles. The zero-order chi connectivity index (χ0) is 13.1. The van der Waals surface area contributed by atoms with Crippen molar-refractivity contribution in [1.82, 2.24) is 0 Å². The van der Waals surface area contributed by atoms with E-state index in [1.165, 1.54) is 6.07 Å².